The molecule has 0 saturated carbocycles. The number of carbonyl (C=O) groups excluding carboxylic acids is 1. The standard InChI is InChI=1S/C14H15FN2OS/c1-9-10(2)19-14(16-9)8-7-13(18)17-12-6-4-3-5-11(12)15/h3-6H,7-8H2,1-2H3,(H,17,18). The first-order valence-electron chi connectivity index (χ1n) is 6.03. The van der Waals surface area contributed by atoms with Gasteiger partial charge in [0.25, 0.3) is 0 Å². The van der Waals surface area contributed by atoms with E-state index in [-0.39, 0.29) is 11.6 Å². The Morgan fingerprint density at radius 1 is 1.37 bits per heavy atom. The third-order valence-corrected chi connectivity index (χ3v) is 3.92. The van der Waals surface area contributed by atoms with E-state index in [1.54, 1.807) is 29.5 Å². The SMILES string of the molecule is Cc1nc(CCC(=O)Nc2ccccc2F)sc1C. The van der Waals surface area contributed by atoms with E-state index < -0.39 is 5.82 Å². The summed E-state index contributed by atoms with van der Waals surface area (Å²) in [6, 6.07) is 6.15. The predicted molar refractivity (Wildman–Crippen MR) is 74.9 cm³/mol. The molecule has 0 bridgehead atoms. The Kier molecular flexibility index (Phi) is 4.27. The van der Waals surface area contributed by atoms with Crippen molar-refractivity contribution in [3.05, 3.63) is 45.7 Å². The number of aryl methyl sites for hydroxylation is 3. The molecule has 2 rings (SSSR count). The molecule has 5 heteroatoms. The molecule has 0 spiro atoms. The molecule has 1 N–H and O–H groups in total. The van der Waals surface area contributed by atoms with Crippen LogP contribution in [-0.4, -0.2) is 10.9 Å². The minimum atomic E-state index is -0.420. The molecule has 100 valence electrons. The number of amides is 1. The van der Waals surface area contributed by atoms with Gasteiger partial charge in [0.15, 0.2) is 0 Å². The van der Waals surface area contributed by atoms with Crippen molar-refractivity contribution in [2.24, 2.45) is 0 Å². The first kappa shape index (κ1) is 13.7. The lowest BCUT2D eigenvalue weighted by Crippen LogP contribution is -2.13. The maximum absolute atomic E-state index is 13.3. The summed E-state index contributed by atoms with van der Waals surface area (Å²) in [5, 5.41) is 3.51. The van der Waals surface area contributed by atoms with Gasteiger partial charge in [0.2, 0.25) is 5.91 Å². The van der Waals surface area contributed by atoms with Crippen molar-refractivity contribution >= 4 is 22.9 Å². The number of thiazole rings is 1. The van der Waals surface area contributed by atoms with Gasteiger partial charge in [0.05, 0.1) is 16.4 Å². The number of hydrogen-bond donors (Lipinski definition) is 1. The number of benzene rings is 1. The highest BCUT2D eigenvalue weighted by Gasteiger charge is 2.09. The monoisotopic (exact) mass is 278 g/mol. The number of nitrogens with zero attached hydrogens (tertiary/aromatic N) is 1. The molecule has 1 amide bonds. The summed E-state index contributed by atoms with van der Waals surface area (Å²) in [5.74, 6) is -0.618. The number of nitrogens with one attached hydrogen (secondary N) is 1. The number of hydrogen-bond acceptors (Lipinski definition) is 3. The molecule has 0 aliphatic rings. The van der Waals surface area contributed by atoms with Gasteiger partial charge in [-0.05, 0) is 26.0 Å². The van der Waals surface area contributed by atoms with Crippen LogP contribution in [-0.2, 0) is 11.2 Å². The molecule has 0 saturated heterocycles. The molecule has 0 fully saturated rings. The zero-order valence-electron chi connectivity index (χ0n) is 10.9. The van der Waals surface area contributed by atoms with Gasteiger partial charge in [-0.2, -0.15) is 0 Å². The summed E-state index contributed by atoms with van der Waals surface area (Å²) in [4.78, 5) is 17.3. The van der Waals surface area contributed by atoms with Crippen LogP contribution in [0.15, 0.2) is 24.3 Å². The van der Waals surface area contributed by atoms with E-state index in [1.807, 2.05) is 13.8 Å². The number of halogens is 1. The lowest BCUT2D eigenvalue weighted by Gasteiger charge is -2.05. The van der Waals surface area contributed by atoms with Gasteiger partial charge >= 0.3 is 0 Å². The van der Waals surface area contributed by atoms with Crippen molar-refractivity contribution < 1.29 is 9.18 Å². The average Bonchev–Trinajstić information content (AvgIpc) is 2.69. The minimum Gasteiger partial charge on any atom is -0.324 e. The summed E-state index contributed by atoms with van der Waals surface area (Å²) >= 11 is 1.60. The van der Waals surface area contributed by atoms with Crippen molar-refractivity contribution in [1.82, 2.24) is 4.98 Å². The fourth-order valence-electron chi connectivity index (χ4n) is 1.64. The maximum Gasteiger partial charge on any atom is 0.224 e. The zero-order valence-corrected chi connectivity index (χ0v) is 11.7. The largest absolute Gasteiger partial charge is 0.324 e. The van der Waals surface area contributed by atoms with E-state index in [1.165, 1.54) is 10.9 Å². The number of para-hydroxylation sites is 1. The summed E-state index contributed by atoms with van der Waals surface area (Å²) in [6.07, 6.45) is 0.889. The average molecular weight is 278 g/mol. The minimum absolute atomic E-state index is 0.199. The topological polar surface area (TPSA) is 42.0 Å². The summed E-state index contributed by atoms with van der Waals surface area (Å²) in [7, 11) is 0. The second-order valence-electron chi connectivity index (χ2n) is 4.28. The van der Waals surface area contributed by atoms with Gasteiger partial charge < -0.3 is 5.32 Å². The summed E-state index contributed by atoms with van der Waals surface area (Å²) in [6.45, 7) is 3.96. The lowest BCUT2D eigenvalue weighted by atomic mass is 10.2. The number of carbonyl (C=O) groups is 1. The molecule has 3 nitrogen and oxygen atoms in total. The van der Waals surface area contributed by atoms with Gasteiger partial charge in [0.1, 0.15) is 5.82 Å². The molecule has 1 aromatic carbocycles. The second kappa shape index (κ2) is 5.93. The van der Waals surface area contributed by atoms with Gasteiger partial charge in [-0.15, -0.1) is 11.3 Å². The first-order valence-corrected chi connectivity index (χ1v) is 6.85. The summed E-state index contributed by atoms with van der Waals surface area (Å²) < 4.78 is 13.3. The Bertz CT molecular complexity index is 575. The number of aromatic nitrogens is 1. The molecule has 0 aliphatic carbocycles. The van der Waals surface area contributed by atoms with Crippen LogP contribution in [0.5, 0.6) is 0 Å². The van der Waals surface area contributed by atoms with Crippen molar-refractivity contribution in [3.8, 4) is 0 Å². The molecule has 0 radical (unpaired) electrons. The highest BCUT2D eigenvalue weighted by Crippen LogP contribution is 2.18. The van der Waals surface area contributed by atoms with Crippen molar-refractivity contribution in [2.45, 2.75) is 26.7 Å². The van der Waals surface area contributed by atoms with E-state index in [4.69, 9.17) is 0 Å². The Morgan fingerprint density at radius 2 is 2.11 bits per heavy atom. The van der Waals surface area contributed by atoms with Crippen LogP contribution >= 0.6 is 11.3 Å². The van der Waals surface area contributed by atoms with Gasteiger partial charge in [-0.25, -0.2) is 9.37 Å². The van der Waals surface area contributed by atoms with Gasteiger partial charge in [0, 0.05) is 17.7 Å². The van der Waals surface area contributed by atoms with Crippen molar-refractivity contribution in [3.63, 3.8) is 0 Å². The molecular formula is C14H15FN2OS. The molecule has 0 aliphatic heterocycles. The van der Waals surface area contributed by atoms with Crippen LogP contribution in [0, 0.1) is 19.7 Å². The van der Waals surface area contributed by atoms with Crippen molar-refractivity contribution in [1.29, 1.82) is 0 Å². The van der Waals surface area contributed by atoms with Crippen LogP contribution in [0.1, 0.15) is 22.0 Å². The van der Waals surface area contributed by atoms with Gasteiger partial charge in [-0.3, -0.25) is 4.79 Å². The zero-order chi connectivity index (χ0) is 13.8. The number of anilines is 1. The third-order valence-electron chi connectivity index (χ3n) is 2.79. The molecule has 1 aromatic heterocycles. The van der Waals surface area contributed by atoms with Crippen LogP contribution in [0.25, 0.3) is 0 Å². The quantitative estimate of drug-likeness (QED) is 0.930. The van der Waals surface area contributed by atoms with E-state index in [2.05, 4.69) is 10.3 Å². The molecule has 0 unspecified atom stereocenters. The molecule has 19 heavy (non-hydrogen) atoms. The smallest absolute Gasteiger partial charge is 0.224 e. The van der Waals surface area contributed by atoms with E-state index >= 15 is 0 Å². The van der Waals surface area contributed by atoms with Crippen LogP contribution in [0.2, 0.25) is 0 Å². The molecule has 2 aromatic rings. The summed E-state index contributed by atoms with van der Waals surface area (Å²) in [5.41, 5.74) is 1.23. The Labute approximate surface area is 115 Å². The van der Waals surface area contributed by atoms with Crippen LogP contribution in [0.4, 0.5) is 10.1 Å². The Balaban J connectivity index is 1.90. The molecule has 0 atom stereocenters. The predicted octanol–water partition coefficient (Wildman–Crippen LogP) is 3.47. The maximum atomic E-state index is 13.3. The second-order valence-corrected chi connectivity index (χ2v) is 5.56. The number of rotatable bonds is 4. The third kappa shape index (κ3) is 3.61. The molecule has 1 heterocycles. The van der Waals surface area contributed by atoms with Crippen LogP contribution in [0.3, 0.4) is 0 Å². The highest BCUT2D eigenvalue weighted by atomic mass is 32.1. The lowest BCUT2D eigenvalue weighted by molar-refractivity contribution is -0.116. The fraction of sp³-hybridized carbons (Fsp3) is 0.286. The highest BCUT2D eigenvalue weighted by molar-refractivity contribution is 7.11. The van der Waals surface area contributed by atoms with Gasteiger partial charge in [-0.1, -0.05) is 12.1 Å². The van der Waals surface area contributed by atoms with Crippen LogP contribution < -0.4 is 5.32 Å². The Hall–Kier alpha value is -1.75. The van der Waals surface area contributed by atoms with E-state index in [9.17, 15) is 9.18 Å². The van der Waals surface area contributed by atoms with E-state index in [0.29, 0.717) is 12.8 Å². The van der Waals surface area contributed by atoms with Crippen molar-refractivity contribution in [2.75, 3.05) is 5.32 Å². The first-order chi connectivity index (χ1) is 9.06. The molecular weight excluding hydrogens is 263 g/mol. The fourth-order valence-corrected chi connectivity index (χ4v) is 2.58. The normalized spacial score (nSPS) is 10.5. The van der Waals surface area contributed by atoms with E-state index in [0.717, 1.165) is 10.7 Å². The Morgan fingerprint density at radius 3 is 2.74 bits per heavy atom.